The number of alkyl halides is 3. The maximum Gasteiger partial charge on any atom is 0.573 e. The molecule has 1 aromatic carbocycles. The molecule has 0 amide bonds. The highest BCUT2D eigenvalue weighted by Crippen LogP contribution is 2.29. The van der Waals surface area contributed by atoms with Gasteiger partial charge in [-0.05, 0) is 25.1 Å². The molecule has 0 aliphatic carbocycles. The molecule has 4 nitrogen and oxygen atoms in total. The van der Waals surface area contributed by atoms with E-state index in [0.717, 1.165) is 18.2 Å². The van der Waals surface area contributed by atoms with Crippen LogP contribution in [0.15, 0.2) is 18.2 Å². The summed E-state index contributed by atoms with van der Waals surface area (Å²) in [4.78, 5) is 11.2. The fourth-order valence-electron chi connectivity index (χ4n) is 1.30. The first-order valence-corrected chi connectivity index (χ1v) is 5.05. The number of hydrogen-bond acceptors (Lipinski definition) is 4. The largest absolute Gasteiger partial charge is 0.573 e. The van der Waals surface area contributed by atoms with Crippen LogP contribution in [0.3, 0.4) is 0 Å². The van der Waals surface area contributed by atoms with Crippen molar-refractivity contribution in [2.24, 2.45) is 0 Å². The summed E-state index contributed by atoms with van der Waals surface area (Å²) in [6, 6.07) is 3.01. The van der Waals surface area contributed by atoms with E-state index in [2.05, 4.69) is 9.47 Å². The predicted molar refractivity (Wildman–Crippen MR) is 55.1 cm³/mol. The molecule has 0 aromatic heterocycles. The van der Waals surface area contributed by atoms with Crippen LogP contribution in [0, 0.1) is 0 Å². The summed E-state index contributed by atoms with van der Waals surface area (Å²) >= 11 is 0. The van der Waals surface area contributed by atoms with Gasteiger partial charge in [0.2, 0.25) is 0 Å². The van der Waals surface area contributed by atoms with Gasteiger partial charge in [0.1, 0.15) is 11.5 Å². The lowest BCUT2D eigenvalue weighted by molar-refractivity contribution is -0.275. The summed E-state index contributed by atoms with van der Waals surface area (Å²) in [5.41, 5.74) is -0.0919. The number of phenols is 1. The molecule has 0 aliphatic heterocycles. The molecule has 0 unspecified atom stereocenters. The van der Waals surface area contributed by atoms with Crippen molar-refractivity contribution in [3.05, 3.63) is 23.8 Å². The van der Waals surface area contributed by atoms with E-state index >= 15 is 0 Å². The minimum atomic E-state index is -4.86. The standard InChI is InChI=1S/C11H11F3O4/c1-2-17-10(16)6-7-5-8(15)3-4-9(7)18-11(12,13)14/h3-5,15H,2,6H2,1H3. The average molecular weight is 264 g/mol. The van der Waals surface area contributed by atoms with E-state index in [-0.39, 0.29) is 17.9 Å². The van der Waals surface area contributed by atoms with E-state index in [0.29, 0.717) is 0 Å². The van der Waals surface area contributed by atoms with Crippen molar-refractivity contribution >= 4 is 5.97 Å². The second kappa shape index (κ2) is 5.61. The molecule has 0 saturated heterocycles. The summed E-state index contributed by atoms with van der Waals surface area (Å²) in [7, 11) is 0. The lowest BCUT2D eigenvalue weighted by Crippen LogP contribution is -2.19. The Labute approximate surface area is 101 Å². The van der Waals surface area contributed by atoms with Gasteiger partial charge in [0.15, 0.2) is 0 Å². The van der Waals surface area contributed by atoms with Crippen LogP contribution < -0.4 is 4.74 Å². The first-order chi connectivity index (χ1) is 8.31. The van der Waals surface area contributed by atoms with Gasteiger partial charge in [0.25, 0.3) is 0 Å². The zero-order valence-corrected chi connectivity index (χ0v) is 9.45. The maximum atomic E-state index is 12.1. The van der Waals surface area contributed by atoms with Crippen LogP contribution >= 0.6 is 0 Å². The lowest BCUT2D eigenvalue weighted by Gasteiger charge is -2.13. The first kappa shape index (κ1) is 14.1. The summed E-state index contributed by atoms with van der Waals surface area (Å²) in [5, 5.41) is 9.19. The highest BCUT2D eigenvalue weighted by molar-refractivity contribution is 5.73. The molecule has 100 valence electrons. The van der Waals surface area contributed by atoms with Crippen molar-refractivity contribution in [2.45, 2.75) is 19.7 Å². The normalized spacial score (nSPS) is 11.1. The van der Waals surface area contributed by atoms with Gasteiger partial charge in [-0.2, -0.15) is 0 Å². The minimum Gasteiger partial charge on any atom is -0.508 e. The number of carbonyl (C=O) groups is 1. The van der Waals surface area contributed by atoms with E-state index in [1.165, 1.54) is 0 Å². The molecule has 1 aromatic rings. The maximum absolute atomic E-state index is 12.1. The minimum absolute atomic E-state index is 0.0919. The number of halogens is 3. The van der Waals surface area contributed by atoms with Crippen molar-refractivity contribution in [1.29, 1.82) is 0 Å². The average Bonchev–Trinajstić information content (AvgIpc) is 2.20. The van der Waals surface area contributed by atoms with E-state index in [4.69, 9.17) is 0 Å². The fraction of sp³-hybridized carbons (Fsp3) is 0.364. The van der Waals surface area contributed by atoms with Gasteiger partial charge in [0.05, 0.1) is 13.0 Å². The van der Waals surface area contributed by atoms with E-state index in [9.17, 15) is 23.1 Å². The molecule has 0 heterocycles. The van der Waals surface area contributed by atoms with Gasteiger partial charge in [-0.3, -0.25) is 4.79 Å². The zero-order chi connectivity index (χ0) is 13.8. The van der Waals surface area contributed by atoms with E-state index in [1.807, 2.05) is 0 Å². The molecule has 18 heavy (non-hydrogen) atoms. The first-order valence-electron chi connectivity index (χ1n) is 5.05. The Morgan fingerprint density at radius 3 is 2.61 bits per heavy atom. The van der Waals surface area contributed by atoms with Gasteiger partial charge in [0, 0.05) is 5.56 Å². The van der Waals surface area contributed by atoms with Crippen molar-refractivity contribution < 1.29 is 32.5 Å². The van der Waals surface area contributed by atoms with Crippen LogP contribution in [0.4, 0.5) is 13.2 Å². The molecule has 0 spiro atoms. The topological polar surface area (TPSA) is 55.8 Å². The molecule has 0 aliphatic rings. The Hall–Kier alpha value is -1.92. The smallest absolute Gasteiger partial charge is 0.508 e. The van der Waals surface area contributed by atoms with E-state index < -0.39 is 24.5 Å². The van der Waals surface area contributed by atoms with Gasteiger partial charge >= 0.3 is 12.3 Å². The second-order valence-electron chi connectivity index (χ2n) is 3.32. The van der Waals surface area contributed by atoms with Gasteiger partial charge in [-0.15, -0.1) is 13.2 Å². The molecular weight excluding hydrogens is 253 g/mol. The van der Waals surface area contributed by atoms with Crippen molar-refractivity contribution in [1.82, 2.24) is 0 Å². The quantitative estimate of drug-likeness (QED) is 0.848. The third kappa shape index (κ3) is 4.52. The van der Waals surface area contributed by atoms with Gasteiger partial charge < -0.3 is 14.6 Å². The van der Waals surface area contributed by atoms with Crippen molar-refractivity contribution in [3.63, 3.8) is 0 Å². The number of ether oxygens (including phenoxy) is 2. The number of hydrogen-bond donors (Lipinski definition) is 1. The van der Waals surface area contributed by atoms with E-state index in [1.54, 1.807) is 6.92 Å². The van der Waals surface area contributed by atoms with Crippen LogP contribution in [-0.4, -0.2) is 24.0 Å². The summed E-state index contributed by atoms with van der Waals surface area (Å²) in [5.74, 6) is -1.49. The van der Waals surface area contributed by atoms with Crippen molar-refractivity contribution in [3.8, 4) is 11.5 Å². The number of aromatic hydroxyl groups is 1. The zero-order valence-electron chi connectivity index (χ0n) is 9.45. The Bertz CT molecular complexity index is 429. The molecule has 0 bridgehead atoms. The van der Waals surface area contributed by atoms with Crippen LogP contribution in [0.2, 0.25) is 0 Å². The number of phenolic OH excluding ortho intramolecular Hbond substituents is 1. The predicted octanol–water partition coefficient (Wildman–Crippen LogP) is 2.40. The van der Waals surface area contributed by atoms with Gasteiger partial charge in [-0.25, -0.2) is 0 Å². The number of benzene rings is 1. The SMILES string of the molecule is CCOC(=O)Cc1cc(O)ccc1OC(F)(F)F. The van der Waals surface area contributed by atoms with Crippen molar-refractivity contribution in [2.75, 3.05) is 6.61 Å². The molecule has 1 rings (SSSR count). The molecule has 0 atom stereocenters. The number of rotatable bonds is 4. The molecule has 7 heteroatoms. The molecule has 1 N–H and O–H groups in total. The highest BCUT2D eigenvalue weighted by Gasteiger charge is 2.32. The third-order valence-electron chi connectivity index (χ3n) is 1.91. The Morgan fingerprint density at radius 2 is 2.06 bits per heavy atom. The van der Waals surface area contributed by atoms with Crippen LogP contribution in [0.1, 0.15) is 12.5 Å². The van der Waals surface area contributed by atoms with Crippen LogP contribution in [0.25, 0.3) is 0 Å². The molecule has 0 radical (unpaired) electrons. The third-order valence-corrected chi connectivity index (χ3v) is 1.91. The Kier molecular flexibility index (Phi) is 4.41. The monoisotopic (exact) mass is 264 g/mol. The van der Waals surface area contributed by atoms with Crippen LogP contribution in [0.5, 0.6) is 11.5 Å². The van der Waals surface area contributed by atoms with Crippen LogP contribution in [-0.2, 0) is 16.0 Å². The molecule has 0 fully saturated rings. The number of esters is 1. The summed E-state index contributed by atoms with van der Waals surface area (Å²) in [6.07, 6.45) is -5.27. The summed E-state index contributed by atoms with van der Waals surface area (Å²) < 4.78 is 44.7. The fourth-order valence-corrected chi connectivity index (χ4v) is 1.30. The second-order valence-corrected chi connectivity index (χ2v) is 3.32. The number of carbonyl (C=O) groups excluding carboxylic acids is 1. The molecular formula is C11H11F3O4. The molecule has 0 saturated carbocycles. The Balaban J connectivity index is 2.93. The Morgan fingerprint density at radius 1 is 1.39 bits per heavy atom. The summed E-state index contributed by atoms with van der Waals surface area (Å²) in [6.45, 7) is 1.70. The lowest BCUT2D eigenvalue weighted by atomic mass is 10.1. The van der Waals surface area contributed by atoms with Gasteiger partial charge in [-0.1, -0.05) is 0 Å². The highest BCUT2D eigenvalue weighted by atomic mass is 19.4.